The molecular formula is C18H23FN4OS. The maximum Gasteiger partial charge on any atom is 0.226 e. The third-order valence-corrected chi connectivity index (χ3v) is 5.23. The third-order valence-electron chi connectivity index (χ3n) is 4.34. The van der Waals surface area contributed by atoms with Crippen LogP contribution in [0.25, 0.3) is 10.6 Å². The summed E-state index contributed by atoms with van der Waals surface area (Å²) in [5.41, 5.74) is 0.792. The highest BCUT2D eigenvalue weighted by atomic mass is 32.1. The number of nitrogens with one attached hydrogen (secondary N) is 1. The number of anilines is 1. The lowest BCUT2D eigenvalue weighted by Gasteiger charge is -2.19. The van der Waals surface area contributed by atoms with Crippen molar-refractivity contribution in [2.24, 2.45) is 0 Å². The van der Waals surface area contributed by atoms with E-state index in [1.807, 2.05) is 0 Å². The van der Waals surface area contributed by atoms with E-state index in [4.69, 9.17) is 0 Å². The lowest BCUT2D eigenvalue weighted by Crippen LogP contribution is -2.26. The first-order chi connectivity index (χ1) is 12.2. The van der Waals surface area contributed by atoms with Crippen LogP contribution >= 0.6 is 11.3 Å². The molecule has 0 atom stereocenters. The standard InChI is InChI=1S/C18H23FN4OS/c19-15-9-7-14(8-10-15)17-21-22-18(25-17)20-16(24)6-5-13-23-11-3-1-2-4-12-23/h7-10H,1-6,11-13H2,(H,20,22,24). The van der Waals surface area contributed by atoms with E-state index in [1.54, 1.807) is 12.1 Å². The Hall–Kier alpha value is -1.86. The number of hydrogen-bond donors (Lipinski definition) is 1. The molecule has 1 aromatic heterocycles. The first-order valence-electron chi connectivity index (χ1n) is 8.82. The second-order valence-corrected chi connectivity index (χ2v) is 7.30. The predicted octanol–water partition coefficient (Wildman–Crippen LogP) is 3.94. The first-order valence-corrected chi connectivity index (χ1v) is 9.64. The Bertz CT molecular complexity index is 681. The van der Waals surface area contributed by atoms with Crippen molar-refractivity contribution in [1.29, 1.82) is 0 Å². The van der Waals surface area contributed by atoms with Crippen LogP contribution in [0, 0.1) is 5.82 Å². The van der Waals surface area contributed by atoms with Gasteiger partial charge in [0, 0.05) is 12.0 Å². The molecule has 0 radical (unpaired) electrons. The minimum Gasteiger partial charge on any atom is -0.303 e. The normalized spacial score (nSPS) is 15.7. The molecule has 0 unspecified atom stereocenters. The van der Waals surface area contributed by atoms with Crippen LogP contribution in [0.4, 0.5) is 9.52 Å². The molecule has 0 saturated carbocycles. The van der Waals surface area contributed by atoms with Gasteiger partial charge < -0.3 is 10.2 Å². The maximum absolute atomic E-state index is 13.0. The number of hydrogen-bond acceptors (Lipinski definition) is 5. The summed E-state index contributed by atoms with van der Waals surface area (Å²) in [7, 11) is 0. The third kappa shape index (κ3) is 5.57. The van der Waals surface area contributed by atoms with Gasteiger partial charge in [0.1, 0.15) is 10.8 Å². The van der Waals surface area contributed by atoms with Gasteiger partial charge in [-0.25, -0.2) is 4.39 Å². The number of amides is 1. The molecule has 25 heavy (non-hydrogen) atoms. The van der Waals surface area contributed by atoms with E-state index in [2.05, 4.69) is 20.4 Å². The number of aromatic nitrogens is 2. The number of halogens is 1. The molecule has 7 heteroatoms. The SMILES string of the molecule is O=C(CCCN1CCCCCC1)Nc1nnc(-c2ccc(F)cc2)s1. The van der Waals surface area contributed by atoms with Crippen molar-refractivity contribution in [3.05, 3.63) is 30.1 Å². The Labute approximate surface area is 151 Å². The molecule has 3 rings (SSSR count). The maximum atomic E-state index is 13.0. The van der Waals surface area contributed by atoms with Gasteiger partial charge in [-0.3, -0.25) is 4.79 Å². The number of benzene rings is 1. The molecule has 0 aliphatic carbocycles. The van der Waals surface area contributed by atoms with E-state index < -0.39 is 0 Å². The summed E-state index contributed by atoms with van der Waals surface area (Å²) in [6.45, 7) is 3.28. The summed E-state index contributed by atoms with van der Waals surface area (Å²) in [5.74, 6) is -0.317. The highest BCUT2D eigenvalue weighted by Gasteiger charge is 2.12. The Morgan fingerprint density at radius 2 is 1.84 bits per heavy atom. The Morgan fingerprint density at radius 3 is 2.56 bits per heavy atom. The fourth-order valence-electron chi connectivity index (χ4n) is 2.99. The van der Waals surface area contributed by atoms with Gasteiger partial charge in [0.2, 0.25) is 11.0 Å². The van der Waals surface area contributed by atoms with Gasteiger partial charge in [-0.15, -0.1) is 10.2 Å². The molecule has 1 aromatic carbocycles. The molecule has 1 aliphatic heterocycles. The summed E-state index contributed by atoms with van der Waals surface area (Å²) in [6, 6.07) is 6.08. The van der Waals surface area contributed by atoms with E-state index in [9.17, 15) is 9.18 Å². The zero-order valence-corrected chi connectivity index (χ0v) is 15.0. The van der Waals surface area contributed by atoms with Gasteiger partial charge in [-0.1, -0.05) is 24.2 Å². The molecule has 134 valence electrons. The quantitative estimate of drug-likeness (QED) is 0.846. The number of likely N-dealkylation sites (tertiary alicyclic amines) is 1. The minimum atomic E-state index is -0.286. The molecule has 1 amide bonds. The lowest BCUT2D eigenvalue weighted by atomic mass is 10.2. The van der Waals surface area contributed by atoms with E-state index in [0.29, 0.717) is 16.6 Å². The van der Waals surface area contributed by atoms with Crippen LogP contribution in [0.15, 0.2) is 24.3 Å². The van der Waals surface area contributed by atoms with Crippen LogP contribution in [0.3, 0.4) is 0 Å². The molecule has 1 fully saturated rings. The van der Waals surface area contributed by atoms with Crippen LogP contribution in [0.2, 0.25) is 0 Å². The Balaban J connectivity index is 1.44. The highest BCUT2D eigenvalue weighted by molar-refractivity contribution is 7.18. The van der Waals surface area contributed by atoms with Gasteiger partial charge in [-0.05, 0) is 63.2 Å². The summed E-state index contributed by atoms with van der Waals surface area (Å²) in [4.78, 5) is 14.5. The summed E-state index contributed by atoms with van der Waals surface area (Å²) in [6.07, 6.45) is 6.53. The fraction of sp³-hybridized carbons (Fsp3) is 0.500. The van der Waals surface area contributed by atoms with Gasteiger partial charge in [0.05, 0.1) is 0 Å². The van der Waals surface area contributed by atoms with Crippen LogP contribution in [-0.4, -0.2) is 40.6 Å². The van der Waals surface area contributed by atoms with Crippen molar-refractivity contribution in [3.63, 3.8) is 0 Å². The second kappa shape index (κ2) is 9.01. The van der Waals surface area contributed by atoms with Crippen LogP contribution < -0.4 is 5.32 Å². The molecule has 5 nitrogen and oxygen atoms in total. The molecule has 0 spiro atoms. The Morgan fingerprint density at radius 1 is 1.12 bits per heavy atom. The van der Waals surface area contributed by atoms with Crippen molar-refractivity contribution >= 4 is 22.4 Å². The molecule has 1 saturated heterocycles. The van der Waals surface area contributed by atoms with E-state index >= 15 is 0 Å². The average Bonchev–Trinajstić information content (AvgIpc) is 2.90. The number of carbonyl (C=O) groups excluding carboxylic acids is 1. The van der Waals surface area contributed by atoms with Crippen molar-refractivity contribution < 1.29 is 9.18 Å². The molecule has 2 aromatic rings. The zero-order chi connectivity index (χ0) is 17.5. The topological polar surface area (TPSA) is 58.1 Å². The van der Waals surface area contributed by atoms with Crippen LogP contribution in [0.1, 0.15) is 38.5 Å². The van der Waals surface area contributed by atoms with E-state index in [-0.39, 0.29) is 11.7 Å². The number of rotatable bonds is 6. The predicted molar refractivity (Wildman–Crippen MR) is 98.1 cm³/mol. The van der Waals surface area contributed by atoms with Crippen LogP contribution in [0.5, 0.6) is 0 Å². The van der Waals surface area contributed by atoms with E-state index in [1.165, 1.54) is 49.2 Å². The first kappa shape index (κ1) is 17.9. The monoisotopic (exact) mass is 362 g/mol. The van der Waals surface area contributed by atoms with Crippen molar-refractivity contribution in [1.82, 2.24) is 15.1 Å². The molecule has 2 heterocycles. The molecule has 1 aliphatic rings. The molecule has 0 bridgehead atoms. The van der Waals surface area contributed by atoms with Gasteiger partial charge in [-0.2, -0.15) is 0 Å². The van der Waals surface area contributed by atoms with Crippen LogP contribution in [-0.2, 0) is 4.79 Å². The highest BCUT2D eigenvalue weighted by Crippen LogP contribution is 2.26. The molecule has 1 N–H and O–H groups in total. The number of carbonyl (C=O) groups is 1. The average molecular weight is 362 g/mol. The second-order valence-electron chi connectivity index (χ2n) is 6.33. The summed E-state index contributed by atoms with van der Waals surface area (Å²) < 4.78 is 13.0. The van der Waals surface area contributed by atoms with Crippen molar-refractivity contribution in [2.45, 2.75) is 38.5 Å². The zero-order valence-electron chi connectivity index (χ0n) is 14.2. The lowest BCUT2D eigenvalue weighted by molar-refractivity contribution is -0.116. The van der Waals surface area contributed by atoms with Gasteiger partial charge in [0.15, 0.2) is 0 Å². The molecular weight excluding hydrogens is 339 g/mol. The van der Waals surface area contributed by atoms with Gasteiger partial charge >= 0.3 is 0 Å². The van der Waals surface area contributed by atoms with Crippen molar-refractivity contribution in [2.75, 3.05) is 25.0 Å². The number of nitrogens with zero attached hydrogens (tertiary/aromatic N) is 3. The largest absolute Gasteiger partial charge is 0.303 e. The summed E-state index contributed by atoms with van der Waals surface area (Å²) in [5, 5.41) is 12.0. The summed E-state index contributed by atoms with van der Waals surface area (Å²) >= 11 is 1.30. The van der Waals surface area contributed by atoms with Gasteiger partial charge in [0.25, 0.3) is 0 Å². The van der Waals surface area contributed by atoms with E-state index in [0.717, 1.165) is 31.6 Å². The Kier molecular flexibility index (Phi) is 6.47. The minimum absolute atomic E-state index is 0.0309. The fourth-order valence-corrected chi connectivity index (χ4v) is 3.75. The van der Waals surface area contributed by atoms with Crippen molar-refractivity contribution in [3.8, 4) is 10.6 Å². The smallest absolute Gasteiger partial charge is 0.226 e.